The third-order valence-electron chi connectivity index (χ3n) is 1.90. The van der Waals surface area contributed by atoms with Crippen LogP contribution in [0.15, 0.2) is 41.2 Å². The van der Waals surface area contributed by atoms with Crippen molar-refractivity contribution in [1.82, 2.24) is 5.16 Å². The Balaban J connectivity index is 1.98. The van der Waals surface area contributed by atoms with E-state index in [-0.39, 0.29) is 0 Å². The van der Waals surface area contributed by atoms with Crippen LogP contribution in [0.1, 0.15) is 11.1 Å². The van der Waals surface area contributed by atoms with Gasteiger partial charge in [-0.25, -0.2) is 0 Å². The van der Waals surface area contributed by atoms with Crippen LogP contribution in [-0.2, 0) is 6.61 Å². The number of aryl methyl sites for hydroxylation is 1. The van der Waals surface area contributed by atoms with Crippen LogP contribution in [0, 0.1) is 6.92 Å². The van der Waals surface area contributed by atoms with Gasteiger partial charge in [0.2, 0.25) is 0 Å². The van der Waals surface area contributed by atoms with E-state index in [0.29, 0.717) is 12.4 Å². The summed E-state index contributed by atoms with van der Waals surface area (Å²) < 4.78 is 10.1. The second-order valence-corrected chi connectivity index (χ2v) is 3.14. The standard InChI is InChI=1S/C11H11NO2/c1-9-3-2-4-10(5-9)7-13-11-6-12-14-8-11/h2-6,8H,7H2,1H3. The fourth-order valence-corrected chi connectivity index (χ4v) is 1.24. The molecular weight excluding hydrogens is 178 g/mol. The van der Waals surface area contributed by atoms with E-state index in [4.69, 9.17) is 4.74 Å². The van der Waals surface area contributed by atoms with Crippen molar-refractivity contribution >= 4 is 0 Å². The zero-order chi connectivity index (χ0) is 9.80. The minimum absolute atomic E-state index is 0.545. The van der Waals surface area contributed by atoms with E-state index in [1.54, 1.807) is 6.20 Å². The van der Waals surface area contributed by atoms with Gasteiger partial charge in [-0.3, -0.25) is 0 Å². The predicted molar refractivity (Wildman–Crippen MR) is 52.0 cm³/mol. The van der Waals surface area contributed by atoms with Crippen LogP contribution in [-0.4, -0.2) is 5.16 Å². The van der Waals surface area contributed by atoms with E-state index in [1.807, 2.05) is 12.1 Å². The SMILES string of the molecule is Cc1cccc(COc2cnoc2)c1. The molecule has 0 aliphatic rings. The molecule has 72 valence electrons. The zero-order valence-electron chi connectivity index (χ0n) is 7.93. The van der Waals surface area contributed by atoms with E-state index in [2.05, 4.69) is 28.7 Å². The molecule has 0 aliphatic carbocycles. The number of ether oxygens (including phenoxy) is 1. The summed E-state index contributed by atoms with van der Waals surface area (Å²) in [6.07, 6.45) is 3.03. The number of hydrogen-bond donors (Lipinski definition) is 0. The molecule has 0 bridgehead atoms. The number of aromatic nitrogens is 1. The highest BCUT2D eigenvalue weighted by atomic mass is 16.5. The first-order valence-electron chi connectivity index (χ1n) is 4.42. The van der Waals surface area contributed by atoms with Crippen molar-refractivity contribution in [3.8, 4) is 5.75 Å². The molecule has 0 atom stereocenters. The lowest BCUT2D eigenvalue weighted by Gasteiger charge is -2.03. The molecule has 0 radical (unpaired) electrons. The summed E-state index contributed by atoms with van der Waals surface area (Å²) in [7, 11) is 0. The third-order valence-corrected chi connectivity index (χ3v) is 1.90. The van der Waals surface area contributed by atoms with Crippen LogP contribution in [0.3, 0.4) is 0 Å². The normalized spacial score (nSPS) is 10.1. The van der Waals surface area contributed by atoms with Crippen LogP contribution in [0.2, 0.25) is 0 Å². The predicted octanol–water partition coefficient (Wildman–Crippen LogP) is 2.56. The lowest BCUT2D eigenvalue weighted by molar-refractivity contribution is 0.301. The summed E-state index contributed by atoms with van der Waals surface area (Å²) in [6, 6.07) is 8.19. The summed E-state index contributed by atoms with van der Waals surface area (Å²) >= 11 is 0. The summed E-state index contributed by atoms with van der Waals surface area (Å²) in [6.45, 7) is 2.60. The Morgan fingerprint density at radius 2 is 2.36 bits per heavy atom. The molecule has 1 aromatic carbocycles. The maximum absolute atomic E-state index is 5.43. The van der Waals surface area contributed by atoms with Gasteiger partial charge in [-0.2, -0.15) is 0 Å². The van der Waals surface area contributed by atoms with Gasteiger partial charge in [0.25, 0.3) is 0 Å². The third kappa shape index (κ3) is 2.13. The average molecular weight is 189 g/mol. The number of hydrogen-bond acceptors (Lipinski definition) is 3. The Kier molecular flexibility index (Phi) is 2.49. The Labute approximate surface area is 82.3 Å². The number of rotatable bonds is 3. The van der Waals surface area contributed by atoms with Crippen molar-refractivity contribution in [3.63, 3.8) is 0 Å². The van der Waals surface area contributed by atoms with Crippen molar-refractivity contribution in [1.29, 1.82) is 0 Å². The molecular formula is C11H11NO2. The maximum Gasteiger partial charge on any atom is 0.179 e. The molecule has 0 saturated carbocycles. The highest BCUT2D eigenvalue weighted by Gasteiger charge is 1.97. The molecule has 3 heteroatoms. The van der Waals surface area contributed by atoms with Crippen LogP contribution in [0.25, 0.3) is 0 Å². The van der Waals surface area contributed by atoms with Crippen molar-refractivity contribution in [2.75, 3.05) is 0 Å². The van der Waals surface area contributed by atoms with Crippen molar-refractivity contribution in [2.24, 2.45) is 0 Å². The summed E-state index contributed by atoms with van der Waals surface area (Å²) in [5.41, 5.74) is 2.38. The monoisotopic (exact) mass is 189 g/mol. The first-order chi connectivity index (χ1) is 6.84. The van der Waals surface area contributed by atoms with E-state index in [9.17, 15) is 0 Å². The highest BCUT2D eigenvalue weighted by Crippen LogP contribution is 2.11. The van der Waals surface area contributed by atoms with Gasteiger partial charge >= 0.3 is 0 Å². The van der Waals surface area contributed by atoms with Gasteiger partial charge in [0.15, 0.2) is 12.0 Å². The minimum atomic E-state index is 0.545. The molecule has 2 rings (SSSR count). The van der Waals surface area contributed by atoms with E-state index >= 15 is 0 Å². The van der Waals surface area contributed by atoms with Gasteiger partial charge in [0, 0.05) is 0 Å². The van der Waals surface area contributed by atoms with Gasteiger partial charge < -0.3 is 9.26 Å². The Morgan fingerprint density at radius 1 is 1.43 bits per heavy atom. The molecule has 0 unspecified atom stereocenters. The topological polar surface area (TPSA) is 35.3 Å². The lowest BCUT2D eigenvalue weighted by atomic mass is 10.1. The molecule has 0 fully saturated rings. The maximum atomic E-state index is 5.43. The molecule has 14 heavy (non-hydrogen) atoms. The second-order valence-electron chi connectivity index (χ2n) is 3.14. The molecule has 0 saturated heterocycles. The summed E-state index contributed by atoms with van der Waals surface area (Å²) in [5.74, 6) is 0.659. The van der Waals surface area contributed by atoms with Crippen LogP contribution in [0.5, 0.6) is 5.75 Å². The van der Waals surface area contributed by atoms with Gasteiger partial charge in [-0.15, -0.1) is 0 Å². The van der Waals surface area contributed by atoms with Gasteiger partial charge in [0.1, 0.15) is 12.8 Å². The van der Waals surface area contributed by atoms with Crippen LogP contribution < -0.4 is 4.74 Å². The molecule has 1 heterocycles. The summed E-state index contributed by atoms with van der Waals surface area (Å²) in [4.78, 5) is 0. The minimum Gasteiger partial charge on any atom is -0.484 e. The molecule has 0 spiro atoms. The number of benzene rings is 1. The van der Waals surface area contributed by atoms with Gasteiger partial charge in [0.05, 0.1) is 0 Å². The van der Waals surface area contributed by atoms with E-state index < -0.39 is 0 Å². The Morgan fingerprint density at radius 3 is 3.07 bits per heavy atom. The van der Waals surface area contributed by atoms with Crippen LogP contribution in [0.4, 0.5) is 0 Å². The van der Waals surface area contributed by atoms with Crippen molar-refractivity contribution in [2.45, 2.75) is 13.5 Å². The number of nitrogens with zero attached hydrogens (tertiary/aromatic N) is 1. The van der Waals surface area contributed by atoms with Crippen molar-refractivity contribution in [3.05, 3.63) is 47.9 Å². The zero-order valence-corrected chi connectivity index (χ0v) is 7.93. The Hall–Kier alpha value is -1.77. The van der Waals surface area contributed by atoms with E-state index in [0.717, 1.165) is 5.56 Å². The summed E-state index contributed by atoms with van der Waals surface area (Å²) in [5, 5.41) is 3.55. The van der Waals surface area contributed by atoms with Gasteiger partial charge in [-0.05, 0) is 12.5 Å². The second kappa shape index (κ2) is 3.96. The average Bonchev–Trinajstić information content (AvgIpc) is 2.67. The fourth-order valence-electron chi connectivity index (χ4n) is 1.24. The van der Waals surface area contributed by atoms with Gasteiger partial charge in [-0.1, -0.05) is 35.0 Å². The van der Waals surface area contributed by atoms with Crippen LogP contribution >= 0.6 is 0 Å². The van der Waals surface area contributed by atoms with Crippen molar-refractivity contribution < 1.29 is 9.26 Å². The smallest absolute Gasteiger partial charge is 0.179 e. The first kappa shape index (κ1) is 8.81. The first-order valence-corrected chi connectivity index (χ1v) is 4.42. The Bertz CT molecular complexity index is 395. The molecule has 0 aliphatic heterocycles. The quantitative estimate of drug-likeness (QED) is 0.744. The molecule has 0 N–H and O–H groups in total. The lowest BCUT2D eigenvalue weighted by Crippen LogP contribution is -1.94. The molecule has 0 amide bonds. The fraction of sp³-hybridized carbons (Fsp3) is 0.182. The highest BCUT2D eigenvalue weighted by molar-refractivity contribution is 5.22. The largest absolute Gasteiger partial charge is 0.484 e. The molecule has 3 nitrogen and oxygen atoms in total. The molecule has 1 aromatic heterocycles. The van der Waals surface area contributed by atoms with E-state index in [1.165, 1.54) is 11.8 Å². The molecule has 2 aromatic rings.